The number of aromatic nitrogens is 3. The van der Waals surface area contributed by atoms with E-state index in [1.807, 2.05) is 54.1 Å². The minimum absolute atomic E-state index is 0.230. The number of hydrogen-bond donors (Lipinski definition) is 0. The summed E-state index contributed by atoms with van der Waals surface area (Å²) in [6, 6.07) is 12.7. The molecule has 0 spiro atoms. The molecule has 0 N–H and O–H groups in total. The molecule has 0 radical (unpaired) electrons. The summed E-state index contributed by atoms with van der Waals surface area (Å²) in [4.78, 5) is 29.8. The van der Waals surface area contributed by atoms with Crippen molar-refractivity contribution >= 4 is 49.9 Å². The first-order valence-electron chi connectivity index (χ1n) is 9.87. The number of nitrogens with zero attached hydrogens (tertiary/aromatic N) is 4. The maximum Gasteiger partial charge on any atom is 0.328 e. The summed E-state index contributed by atoms with van der Waals surface area (Å²) in [6.07, 6.45) is 4.03. The molecule has 0 aliphatic carbocycles. The van der Waals surface area contributed by atoms with Gasteiger partial charge in [-0.1, -0.05) is 41.1 Å². The van der Waals surface area contributed by atoms with Gasteiger partial charge in [-0.25, -0.2) is 9.78 Å². The number of rotatable bonds is 5. The highest BCUT2D eigenvalue weighted by Gasteiger charge is 2.19. The Labute approximate surface area is 187 Å². The zero-order valence-corrected chi connectivity index (χ0v) is 19.0. The van der Waals surface area contributed by atoms with Crippen molar-refractivity contribution in [1.82, 2.24) is 14.2 Å². The molecule has 8 heteroatoms. The number of para-hydroxylation sites is 1. The SMILES string of the molecule is CCc1nc2ccc(Br)cc2c(=O)n1N=Cc1cn([C@H](C)C(=O)OC)c2ccccc12. The summed E-state index contributed by atoms with van der Waals surface area (Å²) < 4.78 is 8.89. The van der Waals surface area contributed by atoms with Crippen LogP contribution in [0.3, 0.4) is 0 Å². The Bertz CT molecular complexity index is 1390. The standard InChI is InChI=1S/C23H21BrN4O3/c1-4-21-26-19-10-9-16(24)11-18(19)22(29)28(21)25-12-15-13-27(14(2)23(30)31-3)20-8-6-5-7-17(15)20/h5-14H,4H2,1-3H3/t14-/m1/s1. The van der Waals surface area contributed by atoms with Crippen molar-refractivity contribution in [2.75, 3.05) is 7.11 Å². The Balaban J connectivity index is 1.86. The molecule has 2 aromatic heterocycles. The van der Waals surface area contributed by atoms with Gasteiger partial charge in [-0.05, 0) is 31.2 Å². The van der Waals surface area contributed by atoms with Crippen molar-refractivity contribution in [3.8, 4) is 0 Å². The summed E-state index contributed by atoms with van der Waals surface area (Å²) in [5.74, 6) is 0.237. The van der Waals surface area contributed by atoms with Crippen molar-refractivity contribution in [1.29, 1.82) is 0 Å². The average molecular weight is 481 g/mol. The topological polar surface area (TPSA) is 78.5 Å². The smallest absolute Gasteiger partial charge is 0.328 e. The van der Waals surface area contributed by atoms with Gasteiger partial charge in [0.05, 0.1) is 24.2 Å². The van der Waals surface area contributed by atoms with Crippen LogP contribution in [-0.2, 0) is 16.0 Å². The first kappa shape index (κ1) is 21.0. The van der Waals surface area contributed by atoms with Crippen LogP contribution >= 0.6 is 15.9 Å². The molecule has 0 aliphatic heterocycles. The summed E-state index contributed by atoms with van der Waals surface area (Å²) >= 11 is 3.41. The molecule has 0 amide bonds. The van der Waals surface area contributed by atoms with E-state index >= 15 is 0 Å². The van der Waals surface area contributed by atoms with E-state index in [1.165, 1.54) is 11.8 Å². The molecule has 4 aromatic rings. The van der Waals surface area contributed by atoms with Gasteiger partial charge in [0.25, 0.3) is 5.56 Å². The van der Waals surface area contributed by atoms with Gasteiger partial charge in [0, 0.05) is 33.6 Å². The van der Waals surface area contributed by atoms with Gasteiger partial charge in [0.1, 0.15) is 11.9 Å². The van der Waals surface area contributed by atoms with E-state index in [4.69, 9.17) is 4.74 Å². The number of ether oxygens (including phenoxy) is 1. The fourth-order valence-electron chi connectivity index (χ4n) is 3.60. The van der Waals surface area contributed by atoms with E-state index < -0.39 is 6.04 Å². The molecule has 0 unspecified atom stereocenters. The molecule has 0 saturated carbocycles. The number of carbonyl (C=O) groups excluding carboxylic acids is 1. The Kier molecular flexibility index (Phi) is 5.73. The molecular weight excluding hydrogens is 460 g/mol. The van der Waals surface area contributed by atoms with Crippen LogP contribution in [0.2, 0.25) is 0 Å². The lowest BCUT2D eigenvalue weighted by Crippen LogP contribution is -2.22. The predicted molar refractivity (Wildman–Crippen MR) is 125 cm³/mol. The van der Waals surface area contributed by atoms with Crippen LogP contribution in [0, 0.1) is 0 Å². The van der Waals surface area contributed by atoms with Gasteiger partial charge in [-0.2, -0.15) is 9.78 Å². The van der Waals surface area contributed by atoms with E-state index in [2.05, 4.69) is 26.0 Å². The lowest BCUT2D eigenvalue weighted by atomic mass is 10.2. The number of benzene rings is 2. The summed E-state index contributed by atoms with van der Waals surface area (Å²) in [5.41, 5.74) is 2.08. The second-order valence-electron chi connectivity index (χ2n) is 7.11. The van der Waals surface area contributed by atoms with E-state index in [0.717, 1.165) is 20.9 Å². The van der Waals surface area contributed by atoms with Crippen LogP contribution in [0.5, 0.6) is 0 Å². The molecule has 0 saturated heterocycles. The number of hydrogen-bond acceptors (Lipinski definition) is 5. The molecule has 1 atom stereocenters. The van der Waals surface area contributed by atoms with Gasteiger partial charge in [0.15, 0.2) is 0 Å². The van der Waals surface area contributed by atoms with Crippen molar-refractivity contribution in [3.05, 3.63) is 74.9 Å². The normalized spacial score (nSPS) is 12.6. The lowest BCUT2D eigenvalue weighted by Gasteiger charge is -2.12. The highest BCUT2D eigenvalue weighted by atomic mass is 79.9. The zero-order chi connectivity index (χ0) is 22.1. The molecule has 7 nitrogen and oxygen atoms in total. The van der Waals surface area contributed by atoms with Gasteiger partial charge in [-0.15, -0.1) is 0 Å². The number of aryl methyl sites for hydroxylation is 1. The maximum atomic E-state index is 13.1. The fourth-order valence-corrected chi connectivity index (χ4v) is 3.96. The van der Waals surface area contributed by atoms with Crippen molar-refractivity contribution < 1.29 is 9.53 Å². The Morgan fingerprint density at radius 3 is 2.77 bits per heavy atom. The van der Waals surface area contributed by atoms with E-state index in [-0.39, 0.29) is 11.5 Å². The van der Waals surface area contributed by atoms with E-state index in [0.29, 0.717) is 23.1 Å². The van der Waals surface area contributed by atoms with Gasteiger partial charge < -0.3 is 9.30 Å². The van der Waals surface area contributed by atoms with E-state index in [1.54, 1.807) is 19.2 Å². The first-order valence-corrected chi connectivity index (χ1v) is 10.7. The number of halogens is 1. The second-order valence-corrected chi connectivity index (χ2v) is 8.03. The quantitative estimate of drug-likeness (QED) is 0.315. The van der Waals surface area contributed by atoms with Crippen LogP contribution in [0.25, 0.3) is 21.8 Å². The third-order valence-corrected chi connectivity index (χ3v) is 5.73. The van der Waals surface area contributed by atoms with Crippen molar-refractivity contribution in [3.63, 3.8) is 0 Å². The van der Waals surface area contributed by atoms with Crippen LogP contribution in [-0.4, -0.2) is 33.5 Å². The molecule has 2 heterocycles. The average Bonchev–Trinajstić information content (AvgIpc) is 3.16. The third-order valence-electron chi connectivity index (χ3n) is 5.23. The van der Waals surface area contributed by atoms with Crippen LogP contribution in [0.15, 0.2) is 63.0 Å². The third kappa shape index (κ3) is 3.79. The first-order chi connectivity index (χ1) is 14.9. The highest BCUT2D eigenvalue weighted by Crippen LogP contribution is 2.24. The predicted octanol–water partition coefficient (Wildman–Crippen LogP) is 4.29. The zero-order valence-electron chi connectivity index (χ0n) is 17.4. The Hall–Kier alpha value is -3.26. The summed E-state index contributed by atoms with van der Waals surface area (Å²) in [7, 11) is 1.37. The van der Waals surface area contributed by atoms with Gasteiger partial charge in [-0.3, -0.25) is 4.79 Å². The maximum absolute atomic E-state index is 13.1. The molecule has 31 heavy (non-hydrogen) atoms. The highest BCUT2D eigenvalue weighted by molar-refractivity contribution is 9.10. The minimum Gasteiger partial charge on any atom is -0.467 e. The van der Waals surface area contributed by atoms with Gasteiger partial charge in [0.2, 0.25) is 0 Å². The lowest BCUT2D eigenvalue weighted by molar-refractivity contribution is -0.143. The minimum atomic E-state index is -0.495. The molecule has 0 aliphatic rings. The Morgan fingerprint density at radius 1 is 1.26 bits per heavy atom. The van der Waals surface area contributed by atoms with Crippen molar-refractivity contribution in [2.24, 2.45) is 5.10 Å². The summed E-state index contributed by atoms with van der Waals surface area (Å²) in [6.45, 7) is 3.71. The monoisotopic (exact) mass is 480 g/mol. The molecule has 0 bridgehead atoms. The molecular formula is C23H21BrN4O3. The molecule has 2 aromatic carbocycles. The largest absolute Gasteiger partial charge is 0.467 e. The van der Waals surface area contributed by atoms with Crippen LogP contribution < -0.4 is 5.56 Å². The van der Waals surface area contributed by atoms with Gasteiger partial charge >= 0.3 is 5.97 Å². The van der Waals surface area contributed by atoms with Crippen molar-refractivity contribution in [2.45, 2.75) is 26.3 Å². The number of carbonyl (C=O) groups is 1. The number of fused-ring (bicyclic) bond motifs is 2. The number of esters is 1. The second kappa shape index (κ2) is 8.47. The molecule has 4 rings (SSSR count). The Morgan fingerprint density at radius 2 is 2.03 bits per heavy atom. The molecule has 0 fully saturated rings. The fraction of sp³-hybridized carbons (Fsp3) is 0.217. The van der Waals surface area contributed by atoms with Crippen LogP contribution in [0.1, 0.15) is 31.3 Å². The van der Waals surface area contributed by atoms with E-state index in [9.17, 15) is 9.59 Å². The summed E-state index contributed by atoms with van der Waals surface area (Å²) in [5, 5.41) is 5.90. The number of methoxy groups -OCH3 is 1. The molecule has 158 valence electrons. The van der Waals surface area contributed by atoms with Crippen LogP contribution in [0.4, 0.5) is 0 Å².